The fourth-order valence-corrected chi connectivity index (χ4v) is 6.49. The highest BCUT2D eigenvalue weighted by Crippen LogP contribution is 2.36. The lowest BCUT2D eigenvalue weighted by Crippen LogP contribution is -2.53. The van der Waals surface area contributed by atoms with Gasteiger partial charge < -0.3 is 14.4 Å². The lowest BCUT2D eigenvalue weighted by molar-refractivity contribution is 0.0234. The monoisotopic (exact) mass is 503 g/mol. The van der Waals surface area contributed by atoms with Crippen molar-refractivity contribution in [2.24, 2.45) is 0 Å². The highest BCUT2D eigenvalue weighted by Gasteiger charge is 2.33. The summed E-state index contributed by atoms with van der Waals surface area (Å²) in [7, 11) is -1.95. The van der Waals surface area contributed by atoms with Crippen LogP contribution in [0.25, 0.3) is 10.2 Å². The molecule has 182 valence electrons. The molecule has 0 aliphatic carbocycles. The van der Waals surface area contributed by atoms with Gasteiger partial charge in [-0.2, -0.15) is 4.31 Å². The highest BCUT2D eigenvalue weighted by molar-refractivity contribution is 7.89. The summed E-state index contributed by atoms with van der Waals surface area (Å²) in [6, 6.07) is 11.8. The van der Waals surface area contributed by atoms with Crippen LogP contribution in [-0.4, -0.2) is 63.1 Å². The number of thiazole rings is 1. The molecule has 0 saturated carbocycles. The Bertz CT molecular complexity index is 1250. The smallest absolute Gasteiger partial charge is 0.338 e. The summed E-state index contributed by atoms with van der Waals surface area (Å²) < 4.78 is 39.3. The fraction of sp³-hybridized carbons (Fsp3) is 0.417. The third-order valence-corrected chi connectivity index (χ3v) is 8.65. The molecule has 2 heterocycles. The van der Waals surface area contributed by atoms with Crippen LogP contribution in [-0.2, 0) is 14.8 Å². The number of rotatable bonds is 10. The molecule has 2 aromatic carbocycles. The molecule has 1 saturated heterocycles. The van der Waals surface area contributed by atoms with Crippen LogP contribution in [0, 0.1) is 0 Å². The SMILES string of the molecule is CCCN(CCC)S(=O)(=O)c1ccc(C(=O)OC2CN(c3nc4c(OC)cccc4s3)C2)cc1. The van der Waals surface area contributed by atoms with E-state index in [1.165, 1.54) is 28.6 Å². The van der Waals surface area contributed by atoms with Gasteiger partial charge in [-0.1, -0.05) is 31.3 Å². The van der Waals surface area contributed by atoms with Crippen LogP contribution < -0.4 is 9.64 Å². The van der Waals surface area contributed by atoms with Crippen molar-refractivity contribution in [1.29, 1.82) is 0 Å². The number of hydrogen-bond donors (Lipinski definition) is 0. The summed E-state index contributed by atoms with van der Waals surface area (Å²) >= 11 is 1.57. The van der Waals surface area contributed by atoms with Gasteiger partial charge in [-0.05, 0) is 49.2 Å². The summed E-state index contributed by atoms with van der Waals surface area (Å²) in [5.74, 6) is 0.278. The number of benzene rings is 2. The molecule has 0 atom stereocenters. The average molecular weight is 504 g/mol. The standard InChI is InChI=1S/C24H29N3O5S2/c1-4-13-27(14-5-2)34(29,30)19-11-9-17(10-12-19)23(28)32-18-15-26(16-18)24-25-22-20(31-3)7-6-8-21(22)33-24/h6-12,18H,4-5,13-16H2,1-3H3. The Morgan fingerprint density at radius 3 is 2.41 bits per heavy atom. The number of para-hydroxylation sites is 1. The largest absolute Gasteiger partial charge is 0.494 e. The number of carbonyl (C=O) groups excluding carboxylic acids is 1. The summed E-state index contributed by atoms with van der Waals surface area (Å²) in [5.41, 5.74) is 1.16. The summed E-state index contributed by atoms with van der Waals surface area (Å²) in [6.45, 7) is 5.96. The van der Waals surface area contributed by atoms with Gasteiger partial charge >= 0.3 is 5.97 Å². The van der Waals surface area contributed by atoms with E-state index >= 15 is 0 Å². The molecule has 0 bridgehead atoms. The molecule has 0 amide bonds. The number of methoxy groups -OCH3 is 1. The third-order valence-electron chi connectivity index (χ3n) is 5.66. The van der Waals surface area contributed by atoms with Gasteiger partial charge in [0.2, 0.25) is 10.0 Å². The van der Waals surface area contributed by atoms with Crippen LogP contribution >= 0.6 is 11.3 Å². The zero-order chi connectivity index (χ0) is 24.3. The zero-order valence-corrected chi connectivity index (χ0v) is 21.2. The Labute approximate surface area is 204 Å². The van der Waals surface area contributed by atoms with Gasteiger partial charge in [0.15, 0.2) is 5.13 Å². The van der Waals surface area contributed by atoms with E-state index in [-0.39, 0.29) is 11.0 Å². The molecule has 8 nitrogen and oxygen atoms in total. The number of nitrogens with zero attached hydrogens (tertiary/aromatic N) is 3. The Hall–Kier alpha value is -2.69. The van der Waals surface area contributed by atoms with Crippen LogP contribution in [0.2, 0.25) is 0 Å². The maximum atomic E-state index is 12.9. The molecule has 0 radical (unpaired) electrons. The van der Waals surface area contributed by atoms with E-state index in [4.69, 9.17) is 9.47 Å². The van der Waals surface area contributed by atoms with Gasteiger partial charge in [-0.15, -0.1) is 0 Å². The van der Waals surface area contributed by atoms with E-state index in [0.717, 1.165) is 33.9 Å². The molecule has 0 unspecified atom stereocenters. The first-order valence-electron chi connectivity index (χ1n) is 11.4. The molecule has 3 aromatic rings. The number of hydrogen-bond acceptors (Lipinski definition) is 8. The maximum absolute atomic E-state index is 12.9. The third kappa shape index (κ3) is 4.89. The van der Waals surface area contributed by atoms with E-state index in [1.54, 1.807) is 18.4 Å². The van der Waals surface area contributed by atoms with Crippen molar-refractivity contribution in [3.63, 3.8) is 0 Å². The number of aromatic nitrogens is 1. The number of sulfonamides is 1. The molecule has 0 spiro atoms. The average Bonchev–Trinajstić information content (AvgIpc) is 3.24. The first-order chi connectivity index (χ1) is 16.4. The maximum Gasteiger partial charge on any atom is 0.338 e. The van der Waals surface area contributed by atoms with Crippen molar-refractivity contribution in [3.8, 4) is 5.75 Å². The minimum atomic E-state index is -3.58. The Morgan fingerprint density at radius 1 is 1.12 bits per heavy atom. The minimum Gasteiger partial charge on any atom is -0.494 e. The summed E-state index contributed by atoms with van der Waals surface area (Å²) in [5, 5.41) is 0.866. The topological polar surface area (TPSA) is 89.0 Å². The van der Waals surface area contributed by atoms with Crippen LogP contribution in [0.4, 0.5) is 5.13 Å². The second-order valence-corrected chi connectivity index (χ2v) is 11.1. The number of carbonyl (C=O) groups is 1. The summed E-state index contributed by atoms with van der Waals surface area (Å²) in [6.07, 6.45) is 1.24. The van der Waals surface area contributed by atoms with E-state index in [1.807, 2.05) is 32.0 Å². The zero-order valence-electron chi connectivity index (χ0n) is 19.6. The molecular weight excluding hydrogens is 474 g/mol. The van der Waals surface area contributed by atoms with E-state index < -0.39 is 16.0 Å². The van der Waals surface area contributed by atoms with E-state index in [2.05, 4.69) is 9.88 Å². The molecule has 34 heavy (non-hydrogen) atoms. The van der Waals surface area contributed by atoms with Gasteiger partial charge in [0.25, 0.3) is 0 Å². The van der Waals surface area contributed by atoms with Gasteiger partial charge in [-0.25, -0.2) is 18.2 Å². The molecule has 1 aliphatic rings. The number of anilines is 1. The van der Waals surface area contributed by atoms with Gasteiger partial charge in [0, 0.05) is 13.1 Å². The Kier molecular flexibility index (Phi) is 7.39. The second kappa shape index (κ2) is 10.3. The van der Waals surface area contributed by atoms with Gasteiger partial charge in [0.1, 0.15) is 17.4 Å². The van der Waals surface area contributed by atoms with Crippen molar-refractivity contribution < 1.29 is 22.7 Å². The van der Waals surface area contributed by atoms with E-state index in [9.17, 15) is 13.2 Å². The van der Waals surface area contributed by atoms with Crippen molar-refractivity contribution in [2.45, 2.75) is 37.7 Å². The van der Waals surface area contributed by atoms with Crippen LogP contribution in [0.5, 0.6) is 5.75 Å². The van der Waals surface area contributed by atoms with Gasteiger partial charge in [-0.3, -0.25) is 0 Å². The number of fused-ring (bicyclic) bond motifs is 1. The Morgan fingerprint density at radius 2 is 1.79 bits per heavy atom. The molecule has 1 fully saturated rings. The predicted octanol–water partition coefficient (Wildman–Crippen LogP) is 4.16. The Balaban J connectivity index is 1.36. The van der Waals surface area contributed by atoms with Gasteiger partial charge in [0.05, 0.1) is 35.4 Å². The first-order valence-corrected chi connectivity index (χ1v) is 13.6. The quantitative estimate of drug-likeness (QED) is 0.384. The first kappa shape index (κ1) is 24.4. The van der Waals surface area contributed by atoms with Crippen molar-refractivity contribution in [2.75, 3.05) is 38.2 Å². The van der Waals surface area contributed by atoms with Crippen LogP contribution in [0.15, 0.2) is 47.4 Å². The van der Waals surface area contributed by atoms with Crippen LogP contribution in [0.3, 0.4) is 0 Å². The molecule has 1 aliphatic heterocycles. The molecule has 1 aromatic heterocycles. The highest BCUT2D eigenvalue weighted by atomic mass is 32.2. The van der Waals surface area contributed by atoms with Crippen molar-refractivity contribution >= 4 is 42.7 Å². The molecule has 4 rings (SSSR count). The fourth-order valence-electron chi connectivity index (χ4n) is 3.86. The molecular formula is C24H29N3O5S2. The minimum absolute atomic E-state index is 0.187. The predicted molar refractivity (Wildman–Crippen MR) is 133 cm³/mol. The molecule has 0 N–H and O–H groups in total. The second-order valence-electron chi connectivity index (χ2n) is 8.16. The van der Waals surface area contributed by atoms with Crippen LogP contribution in [0.1, 0.15) is 37.0 Å². The lowest BCUT2D eigenvalue weighted by atomic mass is 10.2. The van der Waals surface area contributed by atoms with E-state index in [0.29, 0.717) is 31.7 Å². The normalized spacial score (nSPS) is 14.4. The number of ether oxygens (including phenoxy) is 2. The lowest BCUT2D eigenvalue weighted by Gasteiger charge is -2.38. The molecule has 10 heteroatoms. The number of esters is 1. The summed E-state index contributed by atoms with van der Waals surface area (Å²) in [4.78, 5) is 19.5. The van der Waals surface area contributed by atoms with Crippen molar-refractivity contribution in [1.82, 2.24) is 9.29 Å². The van der Waals surface area contributed by atoms with Crippen molar-refractivity contribution in [3.05, 3.63) is 48.0 Å².